The van der Waals surface area contributed by atoms with E-state index in [0.29, 0.717) is 11.8 Å². The van der Waals surface area contributed by atoms with Crippen molar-refractivity contribution >= 4 is 55.5 Å². The zero-order valence-corrected chi connectivity index (χ0v) is 17.2. The molecule has 4 rings (SSSR count). The number of amides is 2. The number of aromatic nitrogens is 1. The molecule has 1 aromatic heterocycles. The molecule has 28 heavy (non-hydrogen) atoms. The van der Waals surface area contributed by atoms with Crippen LogP contribution in [0, 0.1) is 0 Å². The van der Waals surface area contributed by atoms with E-state index in [4.69, 9.17) is 4.74 Å². The summed E-state index contributed by atoms with van der Waals surface area (Å²) in [4.78, 5) is 38.2. The first-order valence-electron chi connectivity index (χ1n) is 9.15. The van der Waals surface area contributed by atoms with E-state index in [1.165, 1.54) is 0 Å². The van der Waals surface area contributed by atoms with E-state index >= 15 is 0 Å². The van der Waals surface area contributed by atoms with Gasteiger partial charge in [-0.3, -0.25) is 14.9 Å². The molecule has 0 saturated carbocycles. The highest BCUT2D eigenvalue weighted by atomic mass is 79.9. The first kappa shape index (κ1) is 18.7. The molecule has 2 heterocycles. The second kappa shape index (κ2) is 7.05. The molecule has 1 aliphatic heterocycles. The number of aryl methyl sites for hydroxylation is 2. The van der Waals surface area contributed by atoms with E-state index in [1.54, 1.807) is 6.92 Å². The lowest BCUT2D eigenvalue weighted by molar-refractivity contribution is 0.0521. The van der Waals surface area contributed by atoms with Crippen LogP contribution in [0.2, 0.25) is 0 Å². The molecule has 6 nitrogen and oxygen atoms in total. The summed E-state index contributed by atoms with van der Waals surface area (Å²) in [5.74, 6) is -1.59. The Bertz CT molecular complexity index is 1160. The molecular formula is C21H19BrN2O4. The van der Waals surface area contributed by atoms with Crippen LogP contribution < -0.4 is 5.32 Å². The molecule has 0 aliphatic carbocycles. The van der Waals surface area contributed by atoms with Gasteiger partial charge in [-0.25, -0.2) is 4.79 Å². The van der Waals surface area contributed by atoms with Crippen LogP contribution in [-0.4, -0.2) is 34.3 Å². The average molecular weight is 443 g/mol. The number of rotatable bonds is 5. The average Bonchev–Trinajstić information content (AvgIpc) is 3.14. The summed E-state index contributed by atoms with van der Waals surface area (Å²) in [6.45, 7) is 1.91. The van der Waals surface area contributed by atoms with Gasteiger partial charge in [-0.1, -0.05) is 34.1 Å². The number of alkyl halides is 1. The minimum atomic E-state index is -0.569. The highest BCUT2D eigenvalue weighted by Crippen LogP contribution is 2.40. The van der Waals surface area contributed by atoms with Crippen LogP contribution in [0.15, 0.2) is 24.3 Å². The van der Waals surface area contributed by atoms with E-state index in [-0.39, 0.29) is 23.3 Å². The molecule has 0 unspecified atom stereocenters. The number of nitrogens with one attached hydrogen (secondary N) is 1. The first-order valence-corrected chi connectivity index (χ1v) is 10.3. The third-order valence-electron chi connectivity index (χ3n) is 5.17. The predicted molar refractivity (Wildman–Crippen MR) is 110 cm³/mol. The Balaban J connectivity index is 2.24. The number of benzene rings is 2. The Morgan fingerprint density at radius 3 is 2.61 bits per heavy atom. The number of hydrogen-bond donors (Lipinski definition) is 1. The van der Waals surface area contributed by atoms with Gasteiger partial charge in [0.1, 0.15) is 0 Å². The van der Waals surface area contributed by atoms with Gasteiger partial charge in [0.05, 0.1) is 28.8 Å². The van der Waals surface area contributed by atoms with Crippen LogP contribution in [0.4, 0.5) is 0 Å². The molecule has 3 aromatic rings. The number of fused-ring (bicyclic) bond motifs is 5. The van der Waals surface area contributed by atoms with Crippen molar-refractivity contribution in [2.45, 2.75) is 19.8 Å². The van der Waals surface area contributed by atoms with Gasteiger partial charge in [0.2, 0.25) is 0 Å². The highest BCUT2D eigenvalue weighted by Gasteiger charge is 2.38. The topological polar surface area (TPSA) is 77.4 Å². The molecule has 0 bridgehead atoms. The van der Waals surface area contributed by atoms with Crippen molar-refractivity contribution in [3.63, 3.8) is 0 Å². The first-order chi connectivity index (χ1) is 13.5. The van der Waals surface area contributed by atoms with Gasteiger partial charge in [0, 0.05) is 28.7 Å². The van der Waals surface area contributed by atoms with Crippen LogP contribution in [0.1, 0.15) is 50.0 Å². The maximum Gasteiger partial charge on any atom is 0.339 e. The van der Waals surface area contributed by atoms with Crippen LogP contribution in [-0.2, 0) is 18.2 Å². The smallest absolute Gasteiger partial charge is 0.339 e. The van der Waals surface area contributed by atoms with Crippen LogP contribution in [0.25, 0.3) is 21.8 Å². The number of esters is 1. The molecule has 0 spiro atoms. The lowest BCUT2D eigenvalue weighted by Crippen LogP contribution is -2.21. The minimum Gasteiger partial charge on any atom is -0.462 e. The number of carbonyl (C=O) groups is 3. The summed E-state index contributed by atoms with van der Waals surface area (Å²) in [6, 6.07) is 7.73. The van der Waals surface area contributed by atoms with Gasteiger partial charge < -0.3 is 9.30 Å². The molecule has 7 heteroatoms. The molecule has 0 fully saturated rings. The Morgan fingerprint density at radius 1 is 1.18 bits per heavy atom. The maximum atomic E-state index is 12.9. The maximum absolute atomic E-state index is 12.9. The second-order valence-electron chi connectivity index (χ2n) is 6.70. The lowest BCUT2D eigenvalue weighted by atomic mass is 9.90. The van der Waals surface area contributed by atoms with Crippen molar-refractivity contribution in [2.24, 2.45) is 7.05 Å². The van der Waals surface area contributed by atoms with Gasteiger partial charge >= 0.3 is 5.97 Å². The second-order valence-corrected chi connectivity index (χ2v) is 7.49. The number of carbonyl (C=O) groups excluding carboxylic acids is 3. The number of halogens is 1. The summed E-state index contributed by atoms with van der Waals surface area (Å²) in [5.41, 5.74) is 3.09. The van der Waals surface area contributed by atoms with Crippen molar-refractivity contribution in [1.29, 1.82) is 0 Å². The van der Waals surface area contributed by atoms with Crippen LogP contribution in [0.3, 0.4) is 0 Å². The Morgan fingerprint density at radius 2 is 1.89 bits per heavy atom. The molecule has 0 saturated heterocycles. The standard InChI is InChI=1S/C21H19BrN2O4/c1-3-28-21(27)15-12(8-6-10-22)18-14(16-17(15)20(26)23-19(16)25)11-7-4-5-9-13(11)24(18)2/h4-5,7,9H,3,6,8,10H2,1-2H3,(H,23,25,26). The molecule has 2 amide bonds. The summed E-state index contributed by atoms with van der Waals surface area (Å²) < 4.78 is 7.26. The largest absolute Gasteiger partial charge is 0.462 e. The number of nitrogens with zero attached hydrogens (tertiary/aromatic N) is 1. The quantitative estimate of drug-likeness (QED) is 0.371. The van der Waals surface area contributed by atoms with Crippen molar-refractivity contribution in [3.8, 4) is 0 Å². The summed E-state index contributed by atoms with van der Waals surface area (Å²) >= 11 is 3.44. The molecule has 1 aliphatic rings. The predicted octanol–water partition coefficient (Wildman–Crippen LogP) is 3.72. The summed E-state index contributed by atoms with van der Waals surface area (Å²) in [6.07, 6.45) is 1.35. The van der Waals surface area contributed by atoms with Crippen molar-refractivity contribution in [3.05, 3.63) is 46.5 Å². The zero-order valence-electron chi connectivity index (χ0n) is 15.6. The van der Waals surface area contributed by atoms with Crippen LogP contribution in [0.5, 0.6) is 0 Å². The normalized spacial score (nSPS) is 13.2. The van der Waals surface area contributed by atoms with Crippen molar-refractivity contribution in [1.82, 2.24) is 9.88 Å². The van der Waals surface area contributed by atoms with Crippen LogP contribution >= 0.6 is 15.9 Å². The number of ether oxygens (including phenoxy) is 1. The minimum absolute atomic E-state index is 0.136. The van der Waals surface area contributed by atoms with Gasteiger partial charge in [0.25, 0.3) is 11.8 Å². The summed E-state index contributed by atoms with van der Waals surface area (Å²) in [7, 11) is 1.91. The van der Waals surface area contributed by atoms with E-state index in [1.807, 2.05) is 35.9 Å². The van der Waals surface area contributed by atoms with Gasteiger partial charge in [-0.15, -0.1) is 0 Å². The lowest BCUT2D eigenvalue weighted by Gasteiger charge is -2.15. The fourth-order valence-electron chi connectivity index (χ4n) is 4.12. The molecule has 0 radical (unpaired) electrons. The van der Waals surface area contributed by atoms with Gasteiger partial charge in [-0.05, 0) is 31.4 Å². The SMILES string of the molecule is CCOC(=O)c1c2c(c3c4ccccc4n(C)c3c1CCCBr)C(=O)NC2=O. The van der Waals surface area contributed by atoms with Gasteiger partial charge in [-0.2, -0.15) is 0 Å². The Labute approximate surface area is 170 Å². The fraction of sp³-hybridized carbons (Fsp3) is 0.286. The van der Waals surface area contributed by atoms with E-state index < -0.39 is 17.8 Å². The third-order valence-corrected chi connectivity index (χ3v) is 5.73. The monoisotopic (exact) mass is 442 g/mol. The number of hydrogen-bond acceptors (Lipinski definition) is 4. The van der Waals surface area contributed by atoms with E-state index in [9.17, 15) is 14.4 Å². The Kier molecular flexibility index (Phi) is 4.71. The van der Waals surface area contributed by atoms with E-state index in [2.05, 4.69) is 21.2 Å². The van der Waals surface area contributed by atoms with Crippen molar-refractivity contribution in [2.75, 3.05) is 11.9 Å². The number of imide groups is 1. The highest BCUT2D eigenvalue weighted by molar-refractivity contribution is 9.09. The molecule has 2 aromatic carbocycles. The van der Waals surface area contributed by atoms with Crippen molar-refractivity contribution < 1.29 is 19.1 Å². The Hall–Kier alpha value is -2.67. The number of para-hydroxylation sites is 1. The fourth-order valence-corrected chi connectivity index (χ4v) is 4.40. The van der Waals surface area contributed by atoms with Gasteiger partial charge in [0.15, 0.2) is 0 Å². The summed E-state index contributed by atoms with van der Waals surface area (Å²) in [5, 5.41) is 4.72. The molecule has 1 N–H and O–H groups in total. The zero-order chi connectivity index (χ0) is 20.0. The third kappa shape index (κ3) is 2.57. The molecular weight excluding hydrogens is 424 g/mol. The van der Waals surface area contributed by atoms with E-state index in [0.717, 1.165) is 33.7 Å². The molecule has 144 valence electrons. The molecule has 0 atom stereocenters.